The Kier molecular flexibility index (Phi) is 4.53. The number of H-pyrrole nitrogens is 1. The summed E-state index contributed by atoms with van der Waals surface area (Å²) in [5.41, 5.74) is 0.412. The number of nitrogens with zero attached hydrogens (tertiary/aromatic N) is 1. The zero-order chi connectivity index (χ0) is 14.4. The second kappa shape index (κ2) is 6.55. The van der Waals surface area contributed by atoms with Gasteiger partial charge in [-0.05, 0) is 24.3 Å². The number of aromatic nitrogens is 2. The summed E-state index contributed by atoms with van der Waals surface area (Å²) in [5, 5.41) is 0.631. The van der Waals surface area contributed by atoms with Crippen LogP contribution in [0.1, 0.15) is 16.1 Å². The molecular formula is C14H9ClN2O3. The zero-order valence-electron chi connectivity index (χ0n) is 10.2. The zero-order valence-corrected chi connectivity index (χ0v) is 11.0. The van der Waals surface area contributed by atoms with Crippen molar-refractivity contribution in [2.75, 3.05) is 6.61 Å². The number of ether oxygens (including phenoxy) is 1. The number of hydrogen-bond acceptors (Lipinski definition) is 4. The van der Waals surface area contributed by atoms with Crippen molar-refractivity contribution in [2.24, 2.45) is 0 Å². The van der Waals surface area contributed by atoms with Crippen molar-refractivity contribution in [3.05, 3.63) is 63.3 Å². The molecule has 0 aliphatic carbocycles. The van der Waals surface area contributed by atoms with Crippen LogP contribution in [0.15, 0.2) is 41.5 Å². The van der Waals surface area contributed by atoms with E-state index in [1.807, 2.05) is 0 Å². The number of carbonyl (C=O) groups is 1. The number of hydrogen-bond donors (Lipinski definition) is 1. The molecular weight excluding hydrogens is 280 g/mol. The first-order valence-corrected chi connectivity index (χ1v) is 5.99. The molecule has 0 bridgehead atoms. The fourth-order valence-corrected chi connectivity index (χ4v) is 1.43. The standard InChI is InChI=1S/C14H9ClN2O3/c15-11-5-3-10(4-6-11)2-1-7-20-14(19)12-8-17-13(18)9-16-12/h3-6,8-9H,7H2,(H,17,18). The van der Waals surface area contributed by atoms with Gasteiger partial charge in [-0.2, -0.15) is 0 Å². The normalized spacial score (nSPS) is 9.45. The van der Waals surface area contributed by atoms with Crippen LogP contribution in [-0.4, -0.2) is 22.5 Å². The predicted molar refractivity (Wildman–Crippen MR) is 73.5 cm³/mol. The van der Waals surface area contributed by atoms with Gasteiger partial charge in [-0.15, -0.1) is 0 Å². The van der Waals surface area contributed by atoms with E-state index in [9.17, 15) is 9.59 Å². The monoisotopic (exact) mass is 288 g/mol. The average molecular weight is 289 g/mol. The maximum Gasteiger partial charge on any atom is 0.359 e. The Morgan fingerprint density at radius 1 is 1.35 bits per heavy atom. The van der Waals surface area contributed by atoms with E-state index in [0.717, 1.165) is 11.8 Å². The minimum atomic E-state index is -0.647. The predicted octanol–water partition coefficient (Wildman–Crippen LogP) is 1.63. The van der Waals surface area contributed by atoms with E-state index in [4.69, 9.17) is 16.3 Å². The van der Waals surface area contributed by atoms with Crippen LogP contribution >= 0.6 is 11.6 Å². The number of halogens is 1. The molecule has 0 amide bonds. The van der Waals surface area contributed by atoms with E-state index >= 15 is 0 Å². The molecule has 0 radical (unpaired) electrons. The van der Waals surface area contributed by atoms with Crippen LogP contribution in [0.2, 0.25) is 5.02 Å². The number of rotatable bonds is 2. The molecule has 0 unspecified atom stereocenters. The second-order valence-electron chi connectivity index (χ2n) is 3.68. The molecule has 1 aromatic carbocycles. The average Bonchev–Trinajstić information content (AvgIpc) is 2.46. The van der Waals surface area contributed by atoms with Crippen molar-refractivity contribution >= 4 is 17.6 Å². The maximum absolute atomic E-state index is 11.5. The molecule has 0 spiro atoms. The highest BCUT2D eigenvalue weighted by molar-refractivity contribution is 6.30. The van der Waals surface area contributed by atoms with Crippen molar-refractivity contribution in [1.29, 1.82) is 0 Å². The third-order valence-electron chi connectivity index (χ3n) is 2.23. The molecule has 5 nitrogen and oxygen atoms in total. The van der Waals surface area contributed by atoms with Crippen molar-refractivity contribution in [1.82, 2.24) is 9.97 Å². The van der Waals surface area contributed by atoms with Crippen LogP contribution in [-0.2, 0) is 4.74 Å². The third kappa shape index (κ3) is 3.97. The molecule has 1 heterocycles. The Labute approximate surface area is 119 Å². The molecule has 1 N–H and O–H groups in total. The quantitative estimate of drug-likeness (QED) is 0.673. The molecule has 100 valence electrons. The second-order valence-corrected chi connectivity index (χ2v) is 4.12. The first kappa shape index (κ1) is 13.8. The lowest BCUT2D eigenvalue weighted by molar-refractivity contribution is 0.0549. The molecule has 2 rings (SSSR count). The smallest absolute Gasteiger partial charge is 0.359 e. The summed E-state index contributed by atoms with van der Waals surface area (Å²) in [5.74, 6) is 4.87. The Balaban J connectivity index is 1.90. The summed E-state index contributed by atoms with van der Waals surface area (Å²) in [4.78, 5) is 28.3. The molecule has 0 aliphatic rings. The summed E-state index contributed by atoms with van der Waals surface area (Å²) >= 11 is 5.74. The Bertz CT molecular complexity index is 706. The Morgan fingerprint density at radius 2 is 2.10 bits per heavy atom. The molecule has 0 fully saturated rings. The van der Waals surface area contributed by atoms with E-state index in [1.54, 1.807) is 24.3 Å². The third-order valence-corrected chi connectivity index (χ3v) is 2.49. The summed E-state index contributed by atoms with van der Waals surface area (Å²) in [7, 11) is 0. The van der Waals surface area contributed by atoms with Crippen molar-refractivity contribution in [3.8, 4) is 11.8 Å². The first-order chi connectivity index (χ1) is 9.65. The molecule has 0 atom stereocenters. The maximum atomic E-state index is 11.5. The van der Waals surface area contributed by atoms with Crippen LogP contribution < -0.4 is 5.56 Å². The van der Waals surface area contributed by atoms with Gasteiger partial charge in [0.1, 0.15) is 0 Å². The fourth-order valence-electron chi connectivity index (χ4n) is 1.30. The lowest BCUT2D eigenvalue weighted by Crippen LogP contribution is -2.12. The van der Waals surface area contributed by atoms with E-state index in [-0.39, 0.29) is 17.9 Å². The summed E-state index contributed by atoms with van der Waals surface area (Å²) in [6.07, 6.45) is 2.20. The first-order valence-electron chi connectivity index (χ1n) is 5.61. The summed E-state index contributed by atoms with van der Waals surface area (Å²) in [6, 6.07) is 6.98. The highest BCUT2D eigenvalue weighted by atomic mass is 35.5. The van der Waals surface area contributed by atoms with Crippen LogP contribution in [0.25, 0.3) is 0 Å². The largest absolute Gasteiger partial charge is 0.448 e. The van der Waals surface area contributed by atoms with Crippen molar-refractivity contribution < 1.29 is 9.53 Å². The number of esters is 1. The number of carbonyl (C=O) groups excluding carboxylic acids is 1. The summed E-state index contributed by atoms with van der Waals surface area (Å²) in [6.45, 7) is -0.0672. The number of aromatic amines is 1. The van der Waals surface area contributed by atoms with Gasteiger partial charge in [0, 0.05) is 16.8 Å². The minimum Gasteiger partial charge on any atom is -0.448 e. The van der Waals surface area contributed by atoms with E-state index in [0.29, 0.717) is 5.02 Å². The van der Waals surface area contributed by atoms with Gasteiger partial charge in [-0.25, -0.2) is 9.78 Å². The van der Waals surface area contributed by atoms with Crippen LogP contribution in [0.4, 0.5) is 0 Å². The van der Waals surface area contributed by atoms with Crippen molar-refractivity contribution in [2.45, 2.75) is 0 Å². The Hall–Kier alpha value is -2.58. The highest BCUT2D eigenvalue weighted by Crippen LogP contribution is 2.08. The highest BCUT2D eigenvalue weighted by Gasteiger charge is 2.07. The molecule has 2 aromatic rings. The fraction of sp³-hybridized carbons (Fsp3) is 0.0714. The molecule has 1 aromatic heterocycles. The molecule has 20 heavy (non-hydrogen) atoms. The Morgan fingerprint density at radius 3 is 2.75 bits per heavy atom. The SMILES string of the molecule is O=C(OCC#Cc1ccc(Cl)cc1)c1c[nH]c(=O)cn1. The van der Waals surface area contributed by atoms with Gasteiger partial charge in [0.15, 0.2) is 12.3 Å². The van der Waals surface area contributed by atoms with Gasteiger partial charge in [0.2, 0.25) is 0 Å². The van der Waals surface area contributed by atoms with Gasteiger partial charge in [-0.1, -0.05) is 23.4 Å². The molecule has 6 heteroatoms. The van der Waals surface area contributed by atoms with Crippen molar-refractivity contribution in [3.63, 3.8) is 0 Å². The van der Waals surface area contributed by atoms with Gasteiger partial charge >= 0.3 is 5.97 Å². The van der Waals surface area contributed by atoms with Crippen LogP contribution in [0, 0.1) is 11.8 Å². The minimum absolute atomic E-state index is 0.0258. The van der Waals surface area contributed by atoms with Crippen LogP contribution in [0.3, 0.4) is 0 Å². The number of nitrogens with one attached hydrogen (secondary N) is 1. The topological polar surface area (TPSA) is 72.1 Å². The van der Waals surface area contributed by atoms with Gasteiger partial charge in [-0.3, -0.25) is 4.79 Å². The van der Waals surface area contributed by atoms with E-state index in [2.05, 4.69) is 21.8 Å². The van der Waals surface area contributed by atoms with E-state index in [1.165, 1.54) is 6.20 Å². The molecule has 0 saturated carbocycles. The number of benzene rings is 1. The van der Waals surface area contributed by atoms with Gasteiger partial charge < -0.3 is 9.72 Å². The van der Waals surface area contributed by atoms with Crippen LogP contribution in [0.5, 0.6) is 0 Å². The molecule has 0 aliphatic heterocycles. The van der Waals surface area contributed by atoms with Gasteiger partial charge in [0.05, 0.1) is 6.20 Å². The lowest BCUT2D eigenvalue weighted by atomic mass is 10.2. The van der Waals surface area contributed by atoms with Gasteiger partial charge in [0.25, 0.3) is 5.56 Å². The van der Waals surface area contributed by atoms with E-state index < -0.39 is 5.97 Å². The summed E-state index contributed by atoms with van der Waals surface area (Å²) < 4.78 is 4.89. The molecule has 0 saturated heterocycles. The lowest BCUT2D eigenvalue weighted by Gasteiger charge is -1.98.